The Balaban J connectivity index is 1.23. The monoisotopic (exact) mass is 1010 g/mol. The van der Waals surface area contributed by atoms with E-state index in [1.807, 2.05) is 0 Å². The van der Waals surface area contributed by atoms with Gasteiger partial charge in [0, 0.05) is 6.92 Å². The molecule has 12 unspecified atom stereocenters. The summed E-state index contributed by atoms with van der Waals surface area (Å²) in [6.45, 7) is -0.875. The minimum absolute atomic E-state index is 0.713. The van der Waals surface area contributed by atoms with E-state index in [1.54, 1.807) is 0 Å². The van der Waals surface area contributed by atoms with E-state index in [9.17, 15) is 91.6 Å². The molecule has 6 aliphatic rings. The number of amides is 1. The summed E-state index contributed by atoms with van der Waals surface area (Å²) in [7, 11) is 0. The molecule has 0 aromatic rings. The van der Waals surface area contributed by atoms with Crippen molar-refractivity contribution in [3.63, 3.8) is 0 Å². The van der Waals surface area contributed by atoms with Gasteiger partial charge in [0.05, 0.1) is 45.2 Å². The van der Waals surface area contributed by atoms with Crippen LogP contribution in [0.1, 0.15) is 20.8 Å². The van der Waals surface area contributed by atoms with Gasteiger partial charge in [-0.1, -0.05) is 0 Å². The van der Waals surface area contributed by atoms with Crippen LogP contribution >= 0.6 is 0 Å². The van der Waals surface area contributed by atoms with Crippen LogP contribution in [0, 0.1) is 0 Å². The van der Waals surface area contributed by atoms with Crippen molar-refractivity contribution in [1.29, 1.82) is 0 Å². The van der Waals surface area contributed by atoms with Crippen LogP contribution in [0.5, 0.6) is 0 Å². The molecule has 402 valence electrons. The van der Waals surface area contributed by atoms with E-state index in [4.69, 9.17) is 52.1 Å². The summed E-state index contributed by atoms with van der Waals surface area (Å²) in [6, 6.07) is -1.77. The summed E-state index contributed by atoms with van der Waals surface area (Å²) in [6.07, 6.45) is -51.7. The number of hydrogen-bond donors (Lipinski definition) is 18. The Bertz CT molecular complexity index is 1610. The first kappa shape index (κ1) is 56.6. The fourth-order valence-corrected chi connectivity index (χ4v) is 9.04. The second-order valence-corrected chi connectivity index (χ2v) is 17.8. The third kappa shape index (κ3) is 11.8. The summed E-state index contributed by atoms with van der Waals surface area (Å²) in [5, 5.41) is 185. The molecule has 0 aromatic carbocycles. The second-order valence-electron chi connectivity index (χ2n) is 17.8. The lowest BCUT2D eigenvalue weighted by atomic mass is 9.94. The highest BCUT2D eigenvalue weighted by molar-refractivity contribution is 5.73. The van der Waals surface area contributed by atoms with Crippen LogP contribution in [-0.2, 0) is 56.9 Å². The third-order valence-corrected chi connectivity index (χ3v) is 13.1. The minimum Gasteiger partial charge on any atom is -0.394 e. The fourth-order valence-electron chi connectivity index (χ4n) is 9.04. The molecule has 1 amide bonds. The molecule has 69 heavy (non-hydrogen) atoms. The molecule has 6 aliphatic heterocycles. The number of aliphatic hydroxyl groups excluding tert-OH is 17. The normalized spacial score (nSPS) is 52.1. The molecular formula is C39H67NO29. The van der Waals surface area contributed by atoms with Crippen LogP contribution in [0.25, 0.3) is 0 Å². The molecule has 6 saturated heterocycles. The van der Waals surface area contributed by atoms with Crippen LogP contribution in [0.15, 0.2) is 0 Å². The van der Waals surface area contributed by atoms with Crippen molar-refractivity contribution in [2.45, 2.75) is 205 Å². The standard InChI is InChI=1S/C39H67NO29/c1-9-19(48)24(53)30(15(7-44)59-9)65-37-28(57)26(55)31(16(8-45)64-37)66-38-29(58)33(22(51)14(6-43)62-38)68-35-17(40-11(3)46)32(21(50)13(5-42)61-35)67-39-34(25(54)20(49)12(4-41)63-39)69-36-27(56)23(52)18(47)10(2)60-36/h9-10,12-39,41-45,47-58H,4-8H2,1-3H3,(H,40,46)/t9-,10?,12?,13?,14?,15?,16?,17?,18+,19?,20-,21-,22-,23-,24+,25-,26+,27?,28?,29?,30+,31-,32+,33-,34?,35-,36-,37-,38+,39-/m0/s1. The lowest BCUT2D eigenvalue weighted by Crippen LogP contribution is -2.70. The van der Waals surface area contributed by atoms with E-state index in [0.29, 0.717) is 0 Å². The van der Waals surface area contributed by atoms with E-state index in [-0.39, 0.29) is 0 Å². The predicted molar refractivity (Wildman–Crippen MR) is 213 cm³/mol. The van der Waals surface area contributed by atoms with Crippen LogP contribution in [0.3, 0.4) is 0 Å². The average molecular weight is 1010 g/mol. The molecule has 0 spiro atoms. The summed E-state index contributed by atoms with van der Waals surface area (Å²) in [5.41, 5.74) is 0. The lowest BCUT2D eigenvalue weighted by molar-refractivity contribution is -0.392. The SMILES string of the molecule is CC(=O)NC1[C@H](O[C@@H]2C(O)[C@@H](O[C@H]3C(CO)O[C@@H](O[C@@H]4C(CO)O[C@@H](C)C(O)[C@H]4O)C(O)[C@H]3O)OC(CO)[C@@H]2O)OC(CO)[C@H](O)[C@@H]1O[C@@H]1OC(CO)[C@H](O)[C@H](O)C1O[C@@H]1OC(C)[C@@H](O)[C@H](O)C1O. The fraction of sp³-hybridized carbons (Fsp3) is 0.974. The Morgan fingerprint density at radius 3 is 1.29 bits per heavy atom. The van der Waals surface area contributed by atoms with E-state index in [2.05, 4.69) is 5.32 Å². The highest BCUT2D eigenvalue weighted by Crippen LogP contribution is 2.37. The molecular weight excluding hydrogens is 946 g/mol. The van der Waals surface area contributed by atoms with Gasteiger partial charge in [-0.2, -0.15) is 0 Å². The number of hydrogen-bond acceptors (Lipinski definition) is 29. The molecule has 0 bridgehead atoms. The molecule has 6 heterocycles. The van der Waals surface area contributed by atoms with Gasteiger partial charge in [-0.25, -0.2) is 0 Å². The van der Waals surface area contributed by atoms with Crippen LogP contribution < -0.4 is 5.32 Å². The van der Waals surface area contributed by atoms with Gasteiger partial charge >= 0.3 is 0 Å². The molecule has 6 fully saturated rings. The zero-order chi connectivity index (χ0) is 50.9. The first-order valence-corrected chi connectivity index (χ1v) is 22.3. The first-order valence-electron chi connectivity index (χ1n) is 22.3. The van der Waals surface area contributed by atoms with E-state index < -0.39 is 223 Å². The molecule has 6 rings (SSSR count). The maximum atomic E-state index is 12.8. The van der Waals surface area contributed by atoms with Gasteiger partial charge in [-0.15, -0.1) is 0 Å². The Morgan fingerprint density at radius 2 is 0.725 bits per heavy atom. The highest BCUT2D eigenvalue weighted by Gasteiger charge is 2.58. The molecule has 0 saturated carbocycles. The van der Waals surface area contributed by atoms with Crippen LogP contribution in [0.4, 0.5) is 0 Å². The minimum atomic E-state index is -2.19. The number of aliphatic hydroxyl groups is 17. The zero-order valence-corrected chi connectivity index (χ0v) is 37.4. The average Bonchev–Trinajstić information content (AvgIpc) is 3.32. The van der Waals surface area contributed by atoms with Gasteiger partial charge in [0.1, 0.15) is 140 Å². The van der Waals surface area contributed by atoms with Crippen molar-refractivity contribution in [2.24, 2.45) is 0 Å². The Labute approximate surface area is 392 Å². The molecule has 18 N–H and O–H groups in total. The topological polar surface area (TPSA) is 475 Å². The largest absolute Gasteiger partial charge is 0.394 e. The van der Waals surface area contributed by atoms with Crippen molar-refractivity contribution < 1.29 is 144 Å². The second kappa shape index (κ2) is 24.1. The number of nitrogens with one attached hydrogen (secondary N) is 1. The Hall–Kier alpha value is -1.65. The Kier molecular flexibility index (Phi) is 19.8. The van der Waals surface area contributed by atoms with Gasteiger partial charge in [0.15, 0.2) is 31.5 Å². The van der Waals surface area contributed by atoms with Gasteiger partial charge < -0.3 is 144 Å². The van der Waals surface area contributed by atoms with Crippen LogP contribution in [-0.4, -0.2) is 310 Å². The summed E-state index contributed by atoms with van der Waals surface area (Å²) in [5.74, 6) is -0.852. The highest BCUT2D eigenvalue weighted by atomic mass is 16.8. The maximum absolute atomic E-state index is 12.8. The maximum Gasteiger partial charge on any atom is 0.217 e. The lowest BCUT2D eigenvalue weighted by Gasteiger charge is -2.51. The van der Waals surface area contributed by atoms with Crippen molar-refractivity contribution in [2.75, 3.05) is 33.0 Å². The summed E-state index contributed by atoms with van der Waals surface area (Å²) in [4.78, 5) is 12.8. The van der Waals surface area contributed by atoms with Crippen LogP contribution in [0.2, 0.25) is 0 Å². The molecule has 0 radical (unpaired) electrons. The van der Waals surface area contributed by atoms with Crippen molar-refractivity contribution >= 4 is 5.91 Å². The number of carbonyl (C=O) groups excluding carboxylic acids is 1. The molecule has 0 aliphatic carbocycles. The van der Waals surface area contributed by atoms with E-state index >= 15 is 0 Å². The van der Waals surface area contributed by atoms with E-state index in [1.165, 1.54) is 13.8 Å². The van der Waals surface area contributed by atoms with Gasteiger partial charge in [-0.3, -0.25) is 4.79 Å². The smallest absolute Gasteiger partial charge is 0.217 e. The quantitative estimate of drug-likeness (QED) is 0.0682. The first-order chi connectivity index (χ1) is 32.6. The predicted octanol–water partition coefficient (Wildman–Crippen LogP) is -11.9. The van der Waals surface area contributed by atoms with Gasteiger partial charge in [-0.05, 0) is 13.8 Å². The Morgan fingerprint density at radius 1 is 0.362 bits per heavy atom. The molecule has 0 aromatic heterocycles. The zero-order valence-electron chi connectivity index (χ0n) is 37.4. The van der Waals surface area contributed by atoms with Gasteiger partial charge in [0.2, 0.25) is 5.91 Å². The number of carbonyl (C=O) groups is 1. The molecule has 30 atom stereocenters. The van der Waals surface area contributed by atoms with Crippen molar-refractivity contribution in [3.8, 4) is 0 Å². The van der Waals surface area contributed by atoms with Crippen molar-refractivity contribution in [3.05, 3.63) is 0 Å². The van der Waals surface area contributed by atoms with E-state index in [0.717, 1.165) is 6.92 Å². The van der Waals surface area contributed by atoms with Crippen molar-refractivity contribution in [1.82, 2.24) is 5.32 Å². The summed E-state index contributed by atoms with van der Waals surface area (Å²) >= 11 is 0. The molecule has 30 heteroatoms. The number of rotatable bonds is 16. The molecule has 30 nitrogen and oxygen atoms in total. The third-order valence-electron chi connectivity index (χ3n) is 13.1. The number of ether oxygens (including phenoxy) is 11. The summed E-state index contributed by atoms with van der Waals surface area (Å²) < 4.78 is 63.1. The van der Waals surface area contributed by atoms with Gasteiger partial charge in [0.25, 0.3) is 0 Å².